The van der Waals surface area contributed by atoms with Crippen molar-refractivity contribution in [2.75, 3.05) is 0 Å². The largest absolute Gasteiger partial charge is 0.256 e. The first-order valence-corrected chi connectivity index (χ1v) is 17.9. The smallest absolute Gasteiger partial charge is 0.164 e. The molecule has 0 aliphatic heterocycles. The summed E-state index contributed by atoms with van der Waals surface area (Å²) in [6, 6.07) is 52.9. The molecule has 0 aliphatic carbocycles. The van der Waals surface area contributed by atoms with Crippen molar-refractivity contribution in [1.82, 2.24) is 29.9 Å². The summed E-state index contributed by atoms with van der Waals surface area (Å²) < 4.78 is 0. The number of pyridine rings is 1. The number of hydrogen-bond acceptors (Lipinski definition) is 6. The van der Waals surface area contributed by atoms with E-state index in [1.165, 1.54) is 32.3 Å². The van der Waals surface area contributed by atoms with E-state index < -0.39 is 0 Å². The molecule has 0 amide bonds. The number of nitrogens with zero attached hydrogens (tertiary/aromatic N) is 6. The molecular formula is C48H28N6. The summed E-state index contributed by atoms with van der Waals surface area (Å²) >= 11 is 0. The molecule has 6 heteroatoms. The Balaban J connectivity index is 1.24. The number of benzene rings is 8. The summed E-state index contributed by atoms with van der Waals surface area (Å²) in [6.07, 6.45) is 5.31. The molecule has 54 heavy (non-hydrogen) atoms. The third-order valence-electron chi connectivity index (χ3n) is 10.3. The van der Waals surface area contributed by atoms with Gasteiger partial charge in [0.1, 0.15) is 0 Å². The third kappa shape index (κ3) is 4.89. The molecule has 6 nitrogen and oxygen atoms in total. The van der Waals surface area contributed by atoms with E-state index in [2.05, 4.69) is 84.9 Å². The molecule has 250 valence electrons. The van der Waals surface area contributed by atoms with E-state index in [9.17, 15) is 0 Å². The van der Waals surface area contributed by atoms with E-state index >= 15 is 0 Å². The lowest BCUT2D eigenvalue weighted by atomic mass is 9.87. The fourth-order valence-corrected chi connectivity index (χ4v) is 7.90. The van der Waals surface area contributed by atoms with Crippen molar-refractivity contribution in [2.24, 2.45) is 0 Å². The Hall–Kier alpha value is -7.44. The van der Waals surface area contributed by atoms with E-state index in [1.54, 1.807) is 12.4 Å². The molecule has 11 rings (SSSR count). The normalized spacial score (nSPS) is 11.7. The van der Waals surface area contributed by atoms with Crippen molar-refractivity contribution < 1.29 is 0 Å². The SMILES string of the molecule is c1ccc(-c2nc(-c3ccccc3)nc(-c3cc(-c4cc5cccc6ccc7cccc4c7c65)cc(-c4cc5nccnc5c5cccnc45)c3)n2)cc1. The minimum absolute atomic E-state index is 0.584. The summed E-state index contributed by atoms with van der Waals surface area (Å²) in [5.41, 5.74) is 9.31. The summed E-state index contributed by atoms with van der Waals surface area (Å²) in [5, 5.41) is 8.34. The molecule has 0 fully saturated rings. The van der Waals surface area contributed by atoms with Gasteiger partial charge in [-0.25, -0.2) is 15.0 Å². The zero-order chi connectivity index (χ0) is 35.6. The zero-order valence-electron chi connectivity index (χ0n) is 28.8. The van der Waals surface area contributed by atoms with Crippen LogP contribution in [0.1, 0.15) is 0 Å². The van der Waals surface area contributed by atoms with E-state index in [1.807, 2.05) is 72.9 Å². The first-order valence-electron chi connectivity index (χ1n) is 17.9. The fraction of sp³-hybridized carbons (Fsp3) is 0. The van der Waals surface area contributed by atoms with Crippen LogP contribution >= 0.6 is 0 Å². The van der Waals surface area contributed by atoms with Crippen molar-refractivity contribution in [3.05, 3.63) is 170 Å². The molecule has 0 atom stereocenters. The molecule has 0 radical (unpaired) electrons. The van der Waals surface area contributed by atoms with Gasteiger partial charge in [-0.1, -0.05) is 109 Å². The Bertz CT molecular complexity index is 3160. The highest BCUT2D eigenvalue weighted by Gasteiger charge is 2.19. The third-order valence-corrected chi connectivity index (χ3v) is 10.3. The molecule has 11 aromatic rings. The first-order chi connectivity index (χ1) is 26.7. The maximum Gasteiger partial charge on any atom is 0.164 e. The van der Waals surface area contributed by atoms with Gasteiger partial charge in [-0.3, -0.25) is 15.0 Å². The van der Waals surface area contributed by atoms with Gasteiger partial charge in [0.25, 0.3) is 0 Å². The van der Waals surface area contributed by atoms with Gasteiger partial charge in [-0.2, -0.15) is 0 Å². The Morgan fingerprint density at radius 1 is 0.315 bits per heavy atom. The predicted octanol–water partition coefficient (Wildman–Crippen LogP) is 11.6. The molecule has 0 unspecified atom stereocenters. The van der Waals surface area contributed by atoms with Gasteiger partial charge in [0.05, 0.1) is 16.6 Å². The Kier molecular flexibility index (Phi) is 6.75. The van der Waals surface area contributed by atoms with E-state index in [4.69, 9.17) is 29.9 Å². The summed E-state index contributed by atoms with van der Waals surface area (Å²) in [5.74, 6) is 1.81. The fourth-order valence-electron chi connectivity index (χ4n) is 7.90. The van der Waals surface area contributed by atoms with E-state index in [0.29, 0.717) is 17.5 Å². The monoisotopic (exact) mass is 688 g/mol. The highest BCUT2D eigenvalue weighted by molar-refractivity contribution is 6.26. The molecule has 0 saturated heterocycles. The second-order valence-electron chi connectivity index (χ2n) is 13.6. The Labute approximate surface area is 309 Å². The Morgan fingerprint density at radius 3 is 1.63 bits per heavy atom. The number of fused-ring (bicyclic) bond motifs is 3. The van der Waals surface area contributed by atoms with Crippen LogP contribution in [0.15, 0.2) is 170 Å². The quantitative estimate of drug-likeness (QED) is 0.168. The second-order valence-corrected chi connectivity index (χ2v) is 13.6. The van der Waals surface area contributed by atoms with Gasteiger partial charge < -0.3 is 0 Å². The van der Waals surface area contributed by atoms with Crippen LogP contribution in [-0.2, 0) is 0 Å². The lowest BCUT2D eigenvalue weighted by Gasteiger charge is -2.17. The van der Waals surface area contributed by atoms with Crippen LogP contribution in [0.4, 0.5) is 0 Å². The molecule has 0 spiro atoms. The van der Waals surface area contributed by atoms with Crippen LogP contribution < -0.4 is 0 Å². The average molecular weight is 689 g/mol. The van der Waals surface area contributed by atoms with Gasteiger partial charge >= 0.3 is 0 Å². The van der Waals surface area contributed by atoms with E-state index in [0.717, 1.165) is 60.9 Å². The minimum atomic E-state index is 0.584. The maximum absolute atomic E-state index is 5.16. The van der Waals surface area contributed by atoms with Gasteiger partial charge in [0.2, 0.25) is 0 Å². The maximum atomic E-state index is 5.16. The van der Waals surface area contributed by atoms with Crippen molar-refractivity contribution in [2.45, 2.75) is 0 Å². The van der Waals surface area contributed by atoms with Crippen LogP contribution in [0, 0.1) is 0 Å². The molecule has 0 saturated carbocycles. The zero-order valence-corrected chi connectivity index (χ0v) is 28.8. The van der Waals surface area contributed by atoms with Crippen molar-refractivity contribution in [3.8, 4) is 56.4 Å². The predicted molar refractivity (Wildman–Crippen MR) is 219 cm³/mol. The van der Waals surface area contributed by atoms with Crippen molar-refractivity contribution in [1.29, 1.82) is 0 Å². The highest BCUT2D eigenvalue weighted by Crippen LogP contribution is 2.43. The first kappa shape index (κ1) is 30.2. The summed E-state index contributed by atoms with van der Waals surface area (Å²) in [4.78, 5) is 29.7. The second kappa shape index (κ2) is 12.1. The summed E-state index contributed by atoms with van der Waals surface area (Å²) in [6.45, 7) is 0. The van der Waals surface area contributed by atoms with Gasteiger partial charge in [0.15, 0.2) is 17.5 Å². The number of aromatic nitrogens is 6. The molecule has 3 heterocycles. The lowest BCUT2D eigenvalue weighted by molar-refractivity contribution is 1.07. The topological polar surface area (TPSA) is 77.3 Å². The molecule has 3 aromatic heterocycles. The molecule has 0 bridgehead atoms. The van der Waals surface area contributed by atoms with Crippen LogP contribution in [0.25, 0.3) is 111 Å². The average Bonchev–Trinajstić information content (AvgIpc) is 3.25. The minimum Gasteiger partial charge on any atom is -0.256 e. The van der Waals surface area contributed by atoms with Crippen molar-refractivity contribution >= 4 is 54.3 Å². The molecule has 8 aromatic carbocycles. The molecular weight excluding hydrogens is 661 g/mol. The van der Waals surface area contributed by atoms with Crippen LogP contribution in [0.2, 0.25) is 0 Å². The van der Waals surface area contributed by atoms with Gasteiger partial charge in [0, 0.05) is 46.2 Å². The lowest BCUT2D eigenvalue weighted by Crippen LogP contribution is -2.00. The van der Waals surface area contributed by atoms with Crippen LogP contribution in [-0.4, -0.2) is 29.9 Å². The standard InChI is InChI=1S/C48H28N6/c1-3-10-31(11-4-1)46-52-47(32-12-5-2-6-13-32)54-48(53-46)36-25-34(39-27-33-16-7-14-29-19-20-30-15-8-17-37(39)43(30)42(29)33)24-35(26-36)40-28-41-45(51-23-22-49-41)38-18-9-21-50-44(38)40/h1-28H. The van der Waals surface area contributed by atoms with E-state index in [-0.39, 0.29) is 0 Å². The van der Waals surface area contributed by atoms with Crippen LogP contribution in [0.3, 0.4) is 0 Å². The van der Waals surface area contributed by atoms with Gasteiger partial charge in [-0.05, 0) is 91.5 Å². The highest BCUT2D eigenvalue weighted by atomic mass is 15.0. The summed E-state index contributed by atoms with van der Waals surface area (Å²) in [7, 11) is 0. The van der Waals surface area contributed by atoms with Gasteiger partial charge in [-0.15, -0.1) is 0 Å². The number of rotatable bonds is 5. The molecule has 0 aliphatic rings. The number of hydrogen-bond donors (Lipinski definition) is 0. The Morgan fingerprint density at radius 2 is 0.889 bits per heavy atom. The molecule has 0 N–H and O–H groups in total. The van der Waals surface area contributed by atoms with Crippen molar-refractivity contribution in [3.63, 3.8) is 0 Å². The van der Waals surface area contributed by atoms with Crippen LogP contribution in [0.5, 0.6) is 0 Å².